The van der Waals surface area contributed by atoms with Gasteiger partial charge in [0.25, 0.3) is 0 Å². The molecule has 5 heteroatoms. The average molecular weight is 292 g/mol. The van der Waals surface area contributed by atoms with E-state index in [4.69, 9.17) is 0 Å². The van der Waals surface area contributed by atoms with Crippen LogP contribution >= 0.6 is 15.9 Å². The summed E-state index contributed by atoms with van der Waals surface area (Å²) >= 11 is 3.15. The van der Waals surface area contributed by atoms with Gasteiger partial charge in [0.05, 0.1) is 5.33 Å². The molecule has 0 bridgehead atoms. The highest BCUT2D eigenvalue weighted by Crippen LogP contribution is 2.15. The maximum atomic E-state index is 11.2. The van der Waals surface area contributed by atoms with Gasteiger partial charge < -0.3 is 10.2 Å². The van der Waals surface area contributed by atoms with Crippen molar-refractivity contribution in [2.24, 2.45) is 0 Å². The molecule has 0 spiro atoms. The Morgan fingerprint density at radius 3 is 2.38 bits per heavy atom. The molecule has 4 nitrogen and oxygen atoms in total. The molecule has 1 amide bonds. The Bertz CT molecular complexity index is 237. The Kier molecular flexibility index (Phi) is 5.21. The van der Waals surface area contributed by atoms with Gasteiger partial charge in [0.1, 0.15) is 0 Å². The normalized spacial score (nSPS) is 19.8. The minimum absolute atomic E-state index is 0.0408. The molecule has 0 saturated carbocycles. The quantitative estimate of drug-likeness (QED) is 0.768. The molecule has 0 aliphatic carbocycles. The molecule has 0 aromatic heterocycles. The summed E-state index contributed by atoms with van der Waals surface area (Å²) < 4.78 is 0. The molecule has 1 fully saturated rings. The number of carbonyl (C=O) groups excluding carboxylic acids is 1. The van der Waals surface area contributed by atoms with E-state index in [0.29, 0.717) is 11.9 Å². The standard InChI is InChI=1S/C11H22BrN3O/c1-11(2,9-13-10(16)8-12)15-6-4-14(3)5-7-15/h4-9H2,1-3H3,(H,13,16). The van der Waals surface area contributed by atoms with Crippen LogP contribution in [0.3, 0.4) is 0 Å². The van der Waals surface area contributed by atoms with Crippen molar-refractivity contribution in [2.45, 2.75) is 19.4 Å². The van der Waals surface area contributed by atoms with E-state index < -0.39 is 0 Å². The first-order valence-electron chi connectivity index (χ1n) is 5.72. The van der Waals surface area contributed by atoms with Crippen LogP contribution in [0.25, 0.3) is 0 Å². The van der Waals surface area contributed by atoms with Crippen molar-refractivity contribution in [1.82, 2.24) is 15.1 Å². The van der Waals surface area contributed by atoms with E-state index in [-0.39, 0.29) is 11.4 Å². The smallest absolute Gasteiger partial charge is 0.230 e. The van der Waals surface area contributed by atoms with Gasteiger partial charge >= 0.3 is 0 Å². The van der Waals surface area contributed by atoms with Crippen molar-refractivity contribution in [3.63, 3.8) is 0 Å². The van der Waals surface area contributed by atoms with Crippen LogP contribution in [-0.4, -0.2) is 66.3 Å². The molecular formula is C11H22BrN3O. The minimum atomic E-state index is 0.0408. The Morgan fingerprint density at radius 1 is 1.31 bits per heavy atom. The van der Waals surface area contributed by atoms with Crippen molar-refractivity contribution < 1.29 is 4.79 Å². The monoisotopic (exact) mass is 291 g/mol. The second kappa shape index (κ2) is 5.98. The molecule has 94 valence electrons. The number of alkyl halides is 1. The summed E-state index contributed by atoms with van der Waals surface area (Å²) in [5, 5.41) is 3.32. The van der Waals surface area contributed by atoms with E-state index in [1.54, 1.807) is 0 Å². The maximum absolute atomic E-state index is 11.2. The minimum Gasteiger partial charge on any atom is -0.354 e. The number of nitrogens with one attached hydrogen (secondary N) is 1. The second-order valence-electron chi connectivity index (χ2n) is 5.01. The first-order chi connectivity index (χ1) is 7.45. The van der Waals surface area contributed by atoms with Crippen LogP contribution in [0.4, 0.5) is 0 Å². The third kappa shape index (κ3) is 4.03. The second-order valence-corrected chi connectivity index (χ2v) is 5.57. The van der Waals surface area contributed by atoms with Gasteiger partial charge in [-0.1, -0.05) is 15.9 Å². The summed E-state index contributed by atoms with van der Waals surface area (Å²) in [5.74, 6) is 0.0576. The number of hydrogen-bond acceptors (Lipinski definition) is 3. The Labute approximate surface area is 106 Å². The predicted octanol–water partition coefficient (Wildman–Crippen LogP) is 0.523. The van der Waals surface area contributed by atoms with Crippen molar-refractivity contribution in [1.29, 1.82) is 0 Å². The molecule has 16 heavy (non-hydrogen) atoms. The summed E-state index contributed by atoms with van der Waals surface area (Å²) in [6, 6.07) is 0. The molecule has 0 unspecified atom stereocenters. The number of hydrogen-bond donors (Lipinski definition) is 1. The third-order valence-electron chi connectivity index (χ3n) is 3.20. The number of carbonyl (C=O) groups is 1. The molecule has 1 aliphatic heterocycles. The van der Waals surface area contributed by atoms with Gasteiger partial charge in [0, 0.05) is 38.3 Å². The fraction of sp³-hybridized carbons (Fsp3) is 0.909. The van der Waals surface area contributed by atoms with Gasteiger partial charge in [-0.25, -0.2) is 0 Å². The average Bonchev–Trinajstić information content (AvgIpc) is 2.26. The zero-order valence-electron chi connectivity index (χ0n) is 10.4. The Hall–Kier alpha value is -0.130. The van der Waals surface area contributed by atoms with Gasteiger partial charge in [-0.15, -0.1) is 0 Å². The molecule has 1 heterocycles. The lowest BCUT2D eigenvalue weighted by Crippen LogP contribution is -2.57. The summed E-state index contributed by atoms with van der Waals surface area (Å²) in [6.45, 7) is 9.45. The highest BCUT2D eigenvalue weighted by Gasteiger charge is 2.29. The first kappa shape index (κ1) is 13.9. The van der Waals surface area contributed by atoms with Gasteiger partial charge in [-0.05, 0) is 20.9 Å². The SMILES string of the molecule is CN1CCN(C(C)(C)CNC(=O)CBr)CC1. The van der Waals surface area contributed by atoms with E-state index in [2.05, 4.69) is 51.9 Å². The van der Waals surface area contributed by atoms with Gasteiger partial charge in [-0.2, -0.15) is 0 Å². The van der Waals surface area contributed by atoms with Crippen LogP contribution in [0.15, 0.2) is 0 Å². The fourth-order valence-electron chi connectivity index (χ4n) is 1.89. The lowest BCUT2D eigenvalue weighted by atomic mass is 10.0. The number of piperazine rings is 1. The molecule has 0 aromatic rings. The van der Waals surface area contributed by atoms with E-state index in [1.807, 2.05) is 0 Å². The highest BCUT2D eigenvalue weighted by atomic mass is 79.9. The number of nitrogens with zero attached hydrogens (tertiary/aromatic N) is 2. The van der Waals surface area contributed by atoms with Crippen molar-refractivity contribution in [3.8, 4) is 0 Å². The topological polar surface area (TPSA) is 35.6 Å². The van der Waals surface area contributed by atoms with E-state index >= 15 is 0 Å². The summed E-state index contributed by atoms with van der Waals surface area (Å²) in [7, 11) is 2.15. The molecule has 1 rings (SSSR count). The van der Waals surface area contributed by atoms with E-state index in [0.717, 1.165) is 26.2 Å². The predicted molar refractivity (Wildman–Crippen MR) is 70.0 cm³/mol. The molecule has 0 aromatic carbocycles. The zero-order chi connectivity index (χ0) is 12.2. The third-order valence-corrected chi connectivity index (χ3v) is 3.71. The van der Waals surface area contributed by atoms with Crippen molar-refractivity contribution in [2.75, 3.05) is 45.1 Å². The molecule has 1 saturated heterocycles. The molecular weight excluding hydrogens is 270 g/mol. The van der Waals surface area contributed by atoms with Crippen LogP contribution in [-0.2, 0) is 4.79 Å². The number of amides is 1. The number of rotatable bonds is 4. The summed E-state index contributed by atoms with van der Waals surface area (Å²) in [4.78, 5) is 16.0. The largest absolute Gasteiger partial charge is 0.354 e. The summed E-state index contributed by atoms with van der Waals surface area (Å²) in [6.07, 6.45) is 0. The molecule has 0 radical (unpaired) electrons. The number of likely N-dealkylation sites (N-methyl/N-ethyl adjacent to an activating group) is 1. The van der Waals surface area contributed by atoms with Gasteiger partial charge in [-0.3, -0.25) is 9.69 Å². The molecule has 1 N–H and O–H groups in total. The Balaban J connectivity index is 2.40. The van der Waals surface area contributed by atoms with Gasteiger partial charge in [0.2, 0.25) is 5.91 Å². The van der Waals surface area contributed by atoms with Crippen LogP contribution in [0.1, 0.15) is 13.8 Å². The highest BCUT2D eigenvalue weighted by molar-refractivity contribution is 9.09. The zero-order valence-corrected chi connectivity index (χ0v) is 12.0. The molecule has 0 atom stereocenters. The van der Waals surface area contributed by atoms with Crippen molar-refractivity contribution >= 4 is 21.8 Å². The Morgan fingerprint density at radius 2 is 1.88 bits per heavy atom. The van der Waals surface area contributed by atoms with Gasteiger partial charge in [0.15, 0.2) is 0 Å². The lowest BCUT2D eigenvalue weighted by Gasteiger charge is -2.43. The van der Waals surface area contributed by atoms with Crippen LogP contribution < -0.4 is 5.32 Å². The van der Waals surface area contributed by atoms with Crippen LogP contribution in [0, 0.1) is 0 Å². The maximum Gasteiger partial charge on any atom is 0.230 e. The first-order valence-corrected chi connectivity index (χ1v) is 6.84. The van der Waals surface area contributed by atoms with Crippen LogP contribution in [0.2, 0.25) is 0 Å². The fourth-order valence-corrected chi connectivity index (χ4v) is 2.08. The van der Waals surface area contributed by atoms with E-state index in [9.17, 15) is 4.79 Å². The van der Waals surface area contributed by atoms with Crippen molar-refractivity contribution in [3.05, 3.63) is 0 Å². The number of halogens is 1. The summed E-state index contributed by atoms with van der Waals surface area (Å²) in [5.41, 5.74) is 0.0408. The van der Waals surface area contributed by atoms with E-state index in [1.165, 1.54) is 0 Å². The lowest BCUT2D eigenvalue weighted by molar-refractivity contribution is -0.119. The molecule has 1 aliphatic rings. The van der Waals surface area contributed by atoms with Crippen LogP contribution in [0.5, 0.6) is 0 Å².